The quantitative estimate of drug-likeness (QED) is 0.762. The molecule has 1 aliphatic rings. The molecule has 1 aliphatic heterocycles. The van der Waals surface area contributed by atoms with Crippen LogP contribution in [0, 0.1) is 17.6 Å². The van der Waals surface area contributed by atoms with E-state index in [2.05, 4.69) is 0 Å². The Hall–Kier alpha value is -2.18. The van der Waals surface area contributed by atoms with Crippen molar-refractivity contribution in [2.75, 3.05) is 20.2 Å². The summed E-state index contributed by atoms with van der Waals surface area (Å²) >= 11 is 0. The van der Waals surface area contributed by atoms with Crippen LogP contribution < -0.4 is 0 Å². The van der Waals surface area contributed by atoms with Crippen LogP contribution in [0.15, 0.2) is 18.2 Å². The van der Waals surface area contributed by atoms with Crippen LogP contribution in [0.3, 0.4) is 0 Å². The van der Waals surface area contributed by atoms with Crippen LogP contribution in [0.5, 0.6) is 0 Å². The first-order valence-electron chi connectivity index (χ1n) is 8.13. The van der Waals surface area contributed by atoms with Crippen molar-refractivity contribution in [1.82, 2.24) is 4.90 Å². The van der Waals surface area contributed by atoms with E-state index in [9.17, 15) is 18.4 Å². The van der Waals surface area contributed by atoms with E-state index in [4.69, 9.17) is 9.47 Å². The van der Waals surface area contributed by atoms with Crippen LogP contribution in [-0.2, 0) is 14.3 Å². The fraction of sp³-hybridized carbons (Fsp3) is 0.556. The molecule has 1 fully saturated rings. The maximum absolute atomic E-state index is 13.6. The van der Waals surface area contributed by atoms with Gasteiger partial charge in [-0.1, -0.05) is 6.07 Å². The Labute approximate surface area is 145 Å². The minimum absolute atomic E-state index is 0.102. The largest absolute Gasteiger partial charge is 0.469 e. The average molecular weight is 355 g/mol. The number of hydrogen-bond acceptors (Lipinski definition) is 4. The van der Waals surface area contributed by atoms with Crippen molar-refractivity contribution in [3.8, 4) is 0 Å². The number of amides is 1. The molecular weight excluding hydrogens is 332 g/mol. The van der Waals surface area contributed by atoms with E-state index in [1.54, 1.807) is 20.8 Å². The van der Waals surface area contributed by atoms with Gasteiger partial charge in [0.1, 0.15) is 5.60 Å². The number of ether oxygens (including phenoxy) is 2. The summed E-state index contributed by atoms with van der Waals surface area (Å²) in [5, 5.41) is 0. The molecule has 1 heterocycles. The Kier molecular flexibility index (Phi) is 5.65. The highest BCUT2D eigenvalue weighted by molar-refractivity contribution is 5.76. The van der Waals surface area contributed by atoms with Gasteiger partial charge in [0.15, 0.2) is 11.6 Å². The number of likely N-dealkylation sites (tertiary alicyclic amines) is 1. The zero-order chi connectivity index (χ0) is 18.8. The number of carbonyl (C=O) groups excluding carboxylic acids is 2. The van der Waals surface area contributed by atoms with E-state index < -0.39 is 35.2 Å². The fourth-order valence-corrected chi connectivity index (χ4v) is 2.98. The summed E-state index contributed by atoms with van der Waals surface area (Å²) in [7, 11) is 1.26. The standard InChI is InChI=1S/C18H23F2NO4/c1-18(2,3)25-17(23)21-8-7-12(13(10-21)16(22)24-4)11-5-6-14(19)15(20)9-11/h5-6,9,12-13H,7-8,10H2,1-4H3/t12-,13+/m0/s1. The topological polar surface area (TPSA) is 55.8 Å². The number of esters is 1. The molecule has 5 nitrogen and oxygen atoms in total. The summed E-state index contributed by atoms with van der Waals surface area (Å²) in [6, 6.07) is 3.60. The molecule has 0 bridgehead atoms. The Morgan fingerprint density at radius 1 is 1.20 bits per heavy atom. The molecule has 1 saturated heterocycles. The molecule has 0 spiro atoms. The maximum atomic E-state index is 13.6. The van der Waals surface area contributed by atoms with Crippen LogP contribution in [0.2, 0.25) is 0 Å². The zero-order valence-electron chi connectivity index (χ0n) is 14.8. The van der Waals surface area contributed by atoms with Crippen LogP contribution in [-0.4, -0.2) is 42.8 Å². The lowest BCUT2D eigenvalue weighted by Gasteiger charge is -2.37. The van der Waals surface area contributed by atoms with Crippen molar-refractivity contribution in [3.05, 3.63) is 35.4 Å². The molecule has 0 unspecified atom stereocenters. The van der Waals surface area contributed by atoms with Gasteiger partial charge in [0.2, 0.25) is 0 Å². The van der Waals surface area contributed by atoms with Crippen LogP contribution in [0.1, 0.15) is 38.7 Å². The second-order valence-corrected chi connectivity index (χ2v) is 7.12. The lowest BCUT2D eigenvalue weighted by atomic mass is 9.80. The third kappa shape index (κ3) is 4.67. The smallest absolute Gasteiger partial charge is 0.410 e. The van der Waals surface area contributed by atoms with Crippen molar-refractivity contribution in [3.63, 3.8) is 0 Å². The Morgan fingerprint density at radius 3 is 2.44 bits per heavy atom. The van der Waals surface area contributed by atoms with Crippen LogP contribution >= 0.6 is 0 Å². The molecule has 0 aromatic heterocycles. The van der Waals surface area contributed by atoms with Crippen molar-refractivity contribution in [1.29, 1.82) is 0 Å². The van der Waals surface area contributed by atoms with Gasteiger partial charge in [-0.25, -0.2) is 13.6 Å². The fourth-order valence-electron chi connectivity index (χ4n) is 2.98. The second kappa shape index (κ2) is 7.37. The van der Waals surface area contributed by atoms with Gasteiger partial charge in [-0.15, -0.1) is 0 Å². The summed E-state index contributed by atoms with van der Waals surface area (Å²) in [5.41, 5.74) is -0.132. The Balaban J connectivity index is 2.22. The third-order valence-corrected chi connectivity index (χ3v) is 4.14. The van der Waals surface area contributed by atoms with E-state index in [0.717, 1.165) is 12.1 Å². The zero-order valence-corrected chi connectivity index (χ0v) is 14.8. The van der Waals surface area contributed by atoms with Gasteiger partial charge in [-0.05, 0) is 44.9 Å². The highest BCUT2D eigenvalue weighted by atomic mass is 19.2. The molecule has 2 rings (SSSR count). The van der Waals surface area contributed by atoms with Crippen LogP contribution in [0.25, 0.3) is 0 Å². The van der Waals surface area contributed by atoms with Gasteiger partial charge >= 0.3 is 12.1 Å². The first-order chi connectivity index (χ1) is 11.6. The average Bonchev–Trinajstić information content (AvgIpc) is 2.54. The second-order valence-electron chi connectivity index (χ2n) is 7.12. The van der Waals surface area contributed by atoms with Gasteiger partial charge in [0, 0.05) is 19.0 Å². The molecule has 138 valence electrons. The van der Waals surface area contributed by atoms with E-state index in [1.807, 2.05) is 0 Å². The number of hydrogen-bond donors (Lipinski definition) is 0. The van der Waals surface area contributed by atoms with Crippen molar-refractivity contribution in [2.24, 2.45) is 5.92 Å². The van der Waals surface area contributed by atoms with E-state index in [1.165, 1.54) is 18.1 Å². The van der Waals surface area contributed by atoms with Gasteiger partial charge in [-0.3, -0.25) is 4.79 Å². The van der Waals surface area contributed by atoms with E-state index >= 15 is 0 Å². The van der Waals surface area contributed by atoms with Crippen molar-refractivity contribution < 1.29 is 27.8 Å². The van der Waals surface area contributed by atoms with Gasteiger partial charge < -0.3 is 14.4 Å². The molecule has 25 heavy (non-hydrogen) atoms. The number of halogens is 2. The van der Waals surface area contributed by atoms with Crippen molar-refractivity contribution >= 4 is 12.1 Å². The van der Waals surface area contributed by atoms with Gasteiger partial charge in [-0.2, -0.15) is 0 Å². The number of rotatable bonds is 2. The van der Waals surface area contributed by atoms with E-state index in [0.29, 0.717) is 18.5 Å². The van der Waals surface area contributed by atoms with Crippen molar-refractivity contribution in [2.45, 2.75) is 38.7 Å². The Bertz CT molecular complexity index is 657. The number of piperidine rings is 1. The molecule has 2 atom stereocenters. The van der Waals surface area contributed by atoms with Crippen LogP contribution in [0.4, 0.5) is 13.6 Å². The minimum atomic E-state index is -0.962. The molecule has 1 aromatic rings. The first kappa shape index (κ1) is 19.1. The summed E-state index contributed by atoms with van der Waals surface area (Å²) in [6.45, 7) is 5.74. The predicted octanol–water partition coefficient (Wildman–Crippen LogP) is 3.48. The predicted molar refractivity (Wildman–Crippen MR) is 87.0 cm³/mol. The van der Waals surface area contributed by atoms with Gasteiger partial charge in [0.05, 0.1) is 13.0 Å². The number of benzene rings is 1. The molecule has 0 aliphatic carbocycles. The minimum Gasteiger partial charge on any atom is -0.469 e. The third-order valence-electron chi connectivity index (χ3n) is 4.14. The molecular formula is C18H23F2NO4. The SMILES string of the molecule is COC(=O)[C@@H]1CN(C(=O)OC(C)(C)C)CC[C@H]1c1ccc(F)c(F)c1. The highest BCUT2D eigenvalue weighted by Crippen LogP contribution is 2.35. The maximum Gasteiger partial charge on any atom is 0.410 e. The molecule has 0 radical (unpaired) electrons. The Morgan fingerprint density at radius 2 is 1.88 bits per heavy atom. The summed E-state index contributed by atoms with van der Waals surface area (Å²) < 4.78 is 36.9. The number of methoxy groups -OCH3 is 1. The lowest BCUT2D eigenvalue weighted by molar-refractivity contribution is -0.148. The molecule has 1 amide bonds. The number of carbonyl (C=O) groups is 2. The first-order valence-corrected chi connectivity index (χ1v) is 8.13. The summed E-state index contributed by atoms with van der Waals surface area (Å²) in [4.78, 5) is 25.9. The lowest BCUT2D eigenvalue weighted by Crippen LogP contribution is -2.47. The molecule has 0 saturated carbocycles. The molecule has 7 heteroatoms. The highest BCUT2D eigenvalue weighted by Gasteiger charge is 2.39. The summed E-state index contributed by atoms with van der Waals surface area (Å²) in [6.07, 6.45) is -0.0884. The molecule has 0 N–H and O–H groups in total. The van der Waals surface area contributed by atoms with Gasteiger partial charge in [0.25, 0.3) is 0 Å². The number of nitrogens with zero attached hydrogens (tertiary/aromatic N) is 1. The molecule has 1 aromatic carbocycles. The summed E-state index contributed by atoms with van der Waals surface area (Å²) in [5.74, 6) is -3.43. The van der Waals surface area contributed by atoms with E-state index in [-0.39, 0.29) is 12.5 Å². The monoisotopic (exact) mass is 355 g/mol. The normalized spacial score (nSPS) is 21.0.